The predicted molar refractivity (Wildman–Crippen MR) is 112 cm³/mol. The molecule has 0 bridgehead atoms. The van der Waals surface area contributed by atoms with E-state index in [1.807, 2.05) is 19.1 Å². The van der Waals surface area contributed by atoms with E-state index >= 15 is 0 Å². The molecule has 150 valence electrons. The van der Waals surface area contributed by atoms with Gasteiger partial charge in [-0.05, 0) is 36.2 Å². The number of benzene rings is 2. The van der Waals surface area contributed by atoms with E-state index in [4.69, 9.17) is 39.5 Å². The summed E-state index contributed by atoms with van der Waals surface area (Å²) in [7, 11) is 1.53. The highest BCUT2D eigenvalue weighted by molar-refractivity contribution is 6.35. The van der Waals surface area contributed by atoms with Crippen LogP contribution in [-0.4, -0.2) is 36.4 Å². The molecule has 2 rings (SSSR count). The second-order valence-corrected chi connectivity index (χ2v) is 7.27. The van der Waals surface area contributed by atoms with Crippen molar-refractivity contribution in [1.29, 1.82) is 0 Å². The summed E-state index contributed by atoms with van der Waals surface area (Å²) in [5.41, 5.74) is 0.740. The number of carbonyl (C=O) groups is 2. The lowest BCUT2D eigenvalue weighted by atomic mass is 10.1. The van der Waals surface area contributed by atoms with Crippen LogP contribution in [0.2, 0.25) is 15.1 Å². The van der Waals surface area contributed by atoms with Gasteiger partial charge in [0.1, 0.15) is 11.8 Å². The van der Waals surface area contributed by atoms with Gasteiger partial charge in [0.2, 0.25) is 5.91 Å². The molecule has 0 radical (unpaired) electrons. The van der Waals surface area contributed by atoms with Crippen LogP contribution in [0.25, 0.3) is 0 Å². The summed E-state index contributed by atoms with van der Waals surface area (Å²) in [4.78, 5) is 26.7. The van der Waals surface area contributed by atoms with Gasteiger partial charge in [-0.25, -0.2) is 0 Å². The van der Waals surface area contributed by atoms with Crippen LogP contribution in [0.3, 0.4) is 0 Å². The van der Waals surface area contributed by atoms with Gasteiger partial charge in [0.25, 0.3) is 5.91 Å². The molecule has 0 aliphatic carbocycles. The van der Waals surface area contributed by atoms with Crippen LogP contribution in [0, 0.1) is 0 Å². The average Bonchev–Trinajstić information content (AvgIpc) is 2.68. The Kier molecular flexibility index (Phi) is 8.42. The summed E-state index contributed by atoms with van der Waals surface area (Å²) in [5, 5.41) is 3.89. The number of ether oxygens (including phenoxy) is 1. The first kappa shape index (κ1) is 22.3. The topological polar surface area (TPSA) is 58.6 Å². The number of halogens is 3. The molecule has 0 fully saturated rings. The molecule has 2 amide bonds. The van der Waals surface area contributed by atoms with Crippen LogP contribution < -0.4 is 10.1 Å². The molecule has 0 aromatic heterocycles. The summed E-state index contributed by atoms with van der Waals surface area (Å²) in [6.07, 6.45) is 0.442. The first-order valence-corrected chi connectivity index (χ1v) is 9.83. The highest BCUT2D eigenvalue weighted by Gasteiger charge is 2.28. The van der Waals surface area contributed by atoms with Crippen molar-refractivity contribution in [2.75, 3.05) is 13.7 Å². The fraction of sp³-hybridized carbons (Fsp3) is 0.300. The first-order chi connectivity index (χ1) is 13.4. The Morgan fingerprint density at radius 1 is 1.11 bits per heavy atom. The molecule has 2 aromatic carbocycles. The molecular formula is C20H21Cl3N2O3. The summed E-state index contributed by atoms with van der Waals surface area (Å²) in [6, 6.07) is 11.3. The minimum absolute atomic E-state index is 0.183. The maximum atomic E-state index is 12.9. The van der Waals surface area contributed by atoms with Crippen LogP contribution in [0.1, 0.15) is 18.9 Å². The van der Waals surface area contributed by atoms with Gasteiger partial charge in [-0.3, -0.25) is 9.59 Å². The zero-order valence-electron chi connectivity index (χ0n) is 15.5. The Balaban J connectivity index is 2.22. The summed E-state index contributed by atoms with van der Waals surface area (Å²) in [6.45, 7) is 1.74. The molecule has 28 heavy (non-hydrogen) atoms. The number of rotatable bonds is 8. The number of nitrogens with one attached hydrogen (secondary N) is 1. The molecule has 0 aliphatic rings. The standard InChI is InChI=1S/C20H21Cl3N2O3/c1-3-17(20(27)24-2)25(11-13-6-4-5-7-15(13)22)19(26)12-28-18-9-8-14(21)10-16(18)23/h4-10,17H,3,11-12H2,1-2H3,(H,24,27)/t17-/m0/s1. The minimum atomic E-state index is -0.655. The summed E-state index contributed by atoms with van der Waals surface area (Å²) in [5.74, 6) is -0.279. The summed E-state index contributed by atoms with van der Waals surface area (Å²) >= 11 is 18.2. The number of carbonyl (C=O) groups excluding carboxylic acids is 2. The van der Waals surface area contributed by atoms with Gasteiger partial charge in [-0.2, -0.15) is 0 Å². The van der Waals surface area contributed by atoms with Crippen LogP contribution in [0.15, 0.2) is 42.5 Å². The molecule has 0 heterocycles. The second-order valence-electron chi connectivity index (χ2n) is 6.01. The molecule has 0 saturated heterocycles. The molecule has 1 atom stereocenters. The lowest BCUT2D eigenvalue weighted by Gasteiger charge is -2.30. The number of hydrogen-bond donors (Lipinski definition) is 1. The zero-order valence-corrected chi connectivity index (χ0v) is 17.8. The van der Waals surface area contributed by atoms with Gasteiger partial charge in [0, 0.05) is 23.6 Å². The number of likely N-dealkylation sites (N-methyl/N-ethyl adjacent to an activating group) is 1. The third-order valence-electron chi connectivity index (χ3n) is 4.18. The largest absolute Gasteiger partial charge is 0.482 e. The highest BCUT2D eigenvalue weighted by atomic mass is 35.5. The van der Waals surface area contributed by atoms with Crippen molar-refractivity contribution in [1.82, 2.24) is 10.2 Å². The predicted octanol–water partition coefficient (Wildman–Crippen LogP) is 4.58. The highest BCUT2D eigenvalue weighted by Crippen LogP contribution is 2.27. The van der Waals surface area contributed by atoms with Gasteiger partial charge < -0.3 is 15.0 Å². The molecular weight excluding hydrogens is 423 g/mol. The van der Waals surface area contributed by atoms with E-state index in [1.165, 1.54) is 18.0 Å². The molecule has 8 heteroatoms. The lowest BCUT2D eigenvalue weighted by molar-refractivity contribution is -0.142. The number of amides is 2. The van der Waals surface area contributed by atoms with Gasteiger partial charge in [-0.1, -0.05) is 59.9 Å². The normalized spacial score (nSPS) is 11.6. The van der Waals surface area contributed by atoms with Crippen molar-refractivity contribution in [2.45, 2.75) is 25.9 Å². The summed E-state index contributed by atoms with van der Waals surface area (Å²) < 4.78 is 5.56. The zero-order chi connectivity index (χ0) is 20.7. The molecule has 0 saturated carbocycles. The van der Waals surface area contributed by atoms with Crippen molar-refractivity contribution in [2.24, 2.45) is 0 Å². The van der Waals surface area contributed by atoms with E-state index in [0.29, 0.717) is 27.2 Å². The van der Waals surface area contributed by atoms with Crippen molar-refractivity contribution < 1.29 is 14.3 Å². The van der Waals surface area contributed by atoms with E-state index in [2.05, 4.69) is 5.32 Å². The van der Waals surface area contributed by atoms with Crippen molar-refractivity contribution in [3.8, 4) is 5.75 Å². The van der Waals surface area contributed by atoms with Gasteiger partial charge >= 0.3 is 0 Å². The lowest BCUT2D eigenvalue weighted by Crippen LogP contribution is -2.49. The Bertz CT molecular complexity index is 845. The Morgan fingerprint density at radius 2 is 1.82 bits per heavy atom. The maximum Gasteiger partial charge on any atom is 0.261 e. The third kappa shape index (κ3) is 5.77. The fourth-order valence-electron chi connectivity index (χ4n) is 2.71. The number of nitrogens with zero attached hydrogens (tertiary/aromatic N) is 1. The Labute approximate surface area is 179 Å². The molecule has 1 N–H and O–H groups in total. The van der Waals surface area contributed by atoms with Crippen molar-refractivity contribution >= 4 is 46.6 Å². The van der Waals surface area contributed by atoms with E-state index < -0.39 is 6.04 Å². The minimum Gasteiger partial charge on any atom is -0.482 e. The van der Waals surface area contributed by atoms with Crippen LogP contribution in [0.4, 0.5) is 0 Å². The van der Waals surface area contributed by atoms with Crippen LogP contribution in [-0.2, 0) is 16.1 Å². The molecule has 5 nitrogen and oxygen atoms in total. The monoisotopic (exact) mass is 442 g/mol. The first-order valence-electron chi connectivity index (χ1n) is 8.69. The van der Waals surface area contributed by atoms with E-state index in [-0.39, 0.29) is 25.0 Å². The van der Waals surface area contributed by atoms with Crippen molar-refractivity contribution in [3.63, 3.8) is 0 Å². The van der Waals surface area contributed by atoms with Gasteiger partial charge in [-0.15, -0.1) is 0 Å². The fourth-order valence-corrected chi connectivity index (χ4v) is 3.37. The molecule has 0 unspecified atom stereocenters. The SMILES string of the molecule is CC[C@@H](C(=O)NC)N(Cc1ccccc1Cl)C(=O)COc1ccc(Cl)cc1Cl. The average molecular weight is 444 g/mol. The van der Waals surface area contributed by atoms with Crippen LogP contribution >= 0.6 is 34.8 Å². The smallest absolute Gasteiger partial charge is 0.261 e. The van der Waals surface area contributed by atoms with Gasteiger partial charge in [0.15, 0.2) is 6.61 Å². The van der Waals surface area contributed by atoms with E-state index in [1.54, 1.807) is 24.3 Å². The molecule has 0 spiro atoms. The Hall–Kier alpha value is -1.95. The van der Waals surface area contributed by atoms with Gasteiger partial charge in [0.05, 0.1) is 5.02 Å². The molecule has 2 aromatic rings. The number of hydrogen-bond acceptors (Lipinski definition) is 3. The quantitative estimate of drug-likeness (QED) is 0.650. The second kappa shape index (κ2) is 10.6. The molecule has 0 aliphatic heterocycles. The van der Waals surface area contributed by atoms with E-state index in [0.717, 1.165) is 5.56 Å². The van der Waals surface area contributed by atoms with Crippen molar-refractivity contribution in [3.05, 3.63) is 63.1 Å². The van der Waals surface area contributed by atoms with Crippen LogP contribution in [0.5, 0.6) is 5.75 Å². The Morgan fingerprint density at radius 3 is 2.43 bits per heavy atom. The third-order valence-corrected chi connectivity index (χ3v) is 5.08. The van der Waals surface area contributed by atoms with E-state index in [9.17, 15) is 9.59 Å². The maximum absolute atomic E-state index is 12.9.